The first-order chi connectivity index (χ1) is 11.6. The first-order valence-corrected chi connectivity index (χ1v) is 8.22. The van der Waals surface area contributed by atoms with Gasteiger partial charge in [-0.05, 0) is 12.1 Å². The number of allylic oxidation sites excluding steroid dienone is 2. The quantitative estimate of drug-likeness (QED) is 0.640. The van der Waals surface area contributed by atoms with Gasteiger partial charge in [0.2, 0.25) is 11.2 Å². The number of hydrogen-bond acceptors (Lipinski definition) is 6. The molecule has 2 heterocycles. The molecule has 8 heteroatoms. The van der Waals surface area contributed by atoms with E-state index in [2.05, 4.69) is 4.99 Å². The van der Waals surface area contributed by atoms with Crippen molar-refractivity contribution in [3.05, 3.63) is 53.1 Å². The molecule has 0 fully saturated rings. The van der Waals surface area contributed by atoms with E-state index in [1.807, 2.05) is 24.3 Å². The summed E-state index contributed by atoms with van der Waals surface area (Å²) >= 11 is 1.47. The van der Waals surface area contributed by atoms with Crippen molar-refractivity contribution in [3.8, 4) is 5.75 Å². The molecule has 1 aliphatic heterocycles. The van der Waals surface area contributed by atoms with Crippen molar-refractivity contribution in [1.82, 2.24) is 4.73 Å². The molecule has 0 amide bonds. The molecule has 1 aromatic heterocycles. The zero-order chi connectivity index (χ0) is 16.8. The van der Waals surface area contributed by atoms with E-state index in [0.29, 0.717) is 20.7 Å². The van der Waals surface area contributed by atoms with Crippen LogP contribution in [0, 0.1) is 4.91 Å². The van der Waals surface area contributed by atoms with Crippen LogP contribution in [0.5, 0.6) is 5.75 Å². The second kappa shape index (κ2) is 5.41. The Hall–Kier alpha value is -2.74. The van der Waals surface area contributed by atoms with Gasteiger partial charge in [0.05, 0.1) is 18.4 Å². The third-order valence-corrected chi connectivity index (χ3v) is 5.31. The lowest BCUT2D eigenvalue weighted by atomic mass is 10.1. The molecular weight excluding hydrogens is 328 g/mol. The van der Waals surface area contributed by atoms with Crippen molar-refractivity contribution in [2.45, 2.75) is 11.3 Å². The van der Waals surface area contributed by atoms with E-state index in [9.17, 15) is 10.1 Å². The minimum absolute atomic E-state index is 0.0180. The second-order valence-electron chi connectivity index (χ2n) is 5.47. The van der Waals surface area contributed by atoms with Crippen molar-refractivity contribution in [1.29, 1.82) is 0 Å². The average Bonchev–Trinajstić information content (AvgIpc) is 3.03. The van der Waals surface area contributed by atoms with Gasteiger partial charge in [0, 0.05) is 10.5 Å². The molecule has 0 saturated heterocycles. The highest BCUT2D eigenvalue weighted by Crippen LogP contribution is 2.35. The van der Waals surface area contributed by atoms with Gasteiger partial charge in [-0.15, -0.1) is 0 Å². The summed E-state index contributed by atoms with van der Waals surface area (Å²) in [5.41, 5.74) is 6.75. The van der Waals surface area contributed by atoms with Crippen LogP contribution in [-0.2, 0) is 0 Å². The minimum atomic E-state index is -0.0898. The molecule has 24 heavy (non-hydrogen) atoms. The van der Waals surface area contributed by atoms with Crippen LogP contribution in [0.1, 0.15) is 5.69 Å². The normalized spacial score (nSPS) is 21.8. The summed E-state index contributed by atoms with van der Waals surface area (Å²) in [6.45, 7) is 0. The first kappa shape index (κ1) is 14.8. The highest BCUT2D eigenvalue weighted by molar-refractivity contribution is 8.15. The lowest BCUT2D eigenvalue weighted by Gasteiger charge is -2.11. The molecule has 1 aromatic carbocycles. The number of nitrogen functional groups attached to an aromatic ring is 1. The number of rotatable bonds is 2. The maximum absolute atomic E-state index is 12.5. The molecule has 2 aromatic rings. The number of aliphatic imine (C=N–C) groups is 1. The Morgan fingerprint density at radius 3 is 2.92 bits per heavy atom. The van der Waals surface area contributed by atoms with Crippen molar-refractivity contribution >= 4 is 33.7 Å². The van der Waals surface area contributed by atoms with Crippen LogP contribution < -0.4 is 14.9 Å². The van der Waals surface area contributed by atoms with Gasteiger partial charge in [0.15, 0.2) is 0 Å². The molecule has 2 atom stereocenters. The van der Waals surface area contributed by atoms with Crippen LogP contribution in [-0.4, -0.2) is 33.4 Å². The minimum Gasteiger partial charge on any atom is -0.497 e. The van der Waals surface area contributed by atoms with Gasteiger partial charge in [-0.1, -0.05) is 41.0 Å². The first-order valence-electron chi connectivity index (χ1n) is 7.34. The van der Waals surface area contributed by atoms with Gasteiger partial charge >= 0.3 is 5.82 Å². The summed E-state index contributed by atoms with van der Waals surface area (Å²) in [4.78, 5) is 17.1. The number of hydrogen-bond donors (Lipinski definition) is 2. The zero-order valence-electron chi connectivity index (χ0n) is 12.8. The highest BCUT2D eigenvalue weighted by atomic mass is 32.2. The van der Waals surface area contributed by atoms with E-state index < -0.39 is 0 Å². The Balaban J connectivity index is 1.94. The number of benzene rings is 1. The van der Waals surface area contributed by atoms with Gasteiger partial charge in [-0.25, -0.2) is 0 Å². The maximum atomic E-state index is 12.5. The SMILES string of the molecule is COc1ccc2c(c1)n(O)c(C1=N[C@H]3C=CC=C[C@H]3S1)c(N)[n+]2=O. The van der Waals surface area contributed by atoms with Crippen LogP contribution in [0.2, 0.25) is 0 Å². The van der Waals surface area contributed by atoms with Crippen LogP contribution >= 0.6 is 11.8 Å². The molecule has 122 valence electrons. The molecule has 2 aliphatic rings. The van der Waals surface area contributed by atoms with Crippen molar-refractivity contribution in [2.75, 3.05) is 12.8 Å². The van der Waals surface area contributed by atoms with Crippen molar-refractivity contribution in [2.24, 2.45) is 4.99 Å². The van der Waals surface area contributed by atoms with E-state index in [4.69, 9.17) is 10.5 Å². The summed E-state index contributed by atoms with van der Waals surface area (Å²) in [6, 6.07) is 4.76. The van der Waals surface area contributed by atoms with Gasteiger partial charge < -0.3 is 9.94 Å². The Labute approximate surface area is 141 Å². The fraction of sp³-hybridized carbons (Fsp3) is 0.188. The fourth-order valence-electron chi connectivity index (χ4n) is 2.84. The van der Waals surface area contributed by atoms with Crippen molar-refractivity contribution < 1.29 is 14.4 Å². The Morgan fingerprint density at radius 1 is 1.38 bits per heavy atom. The third kappa shape index (κ3) is 2.10. The summed E-state index contributed by atoms with van der Waals surface area (Å²) < 4.78 is 6.69. The molecule has 0 spiro atoms. The van der Waals surface area contributed by atoms with E-state index in [-0.39, 0.29) is 28.3 Å². The summed E-state index contributed by atoms with van der Waals surface area (Å²) in [7, 11) is 1.52. The third-order valence-electron chi connectivity index (χ3n) is 4.08. The summed E-state index contributed by atoms with van der Waals surface area (Å²) in [6.07, 6.45) is 7.92. The number of anilines is 1. The molecule has 0 bridgehead atoms. The van der Waals surface area contributed by atoms with E-state index in [1.54, 1.807) is 18.2 Å². The van der Waals surface area contributed by atoms with Crippen LogP contribution in [0.3, 0.4) is 0 Å². The largest absolute Gasteiger partial charge is 0.497 e. The summed E-state index contributed by atoms with van der Waals surface area (Å²) in [5, 5.41) is 11.3. The van der Waals surface area contributed by atoms with Crippen molar-refractivity contribution in [3.63, 3.8) is 0 Å². The Morgan fingerprint density at radius 2 is 2.17 bits per heavy atom. The predicted octanol–water partition coefficient (Wildman–Crippen LogP) is 1.74. The number of methoxy groups -OCH3 is 1. The van der Waals surface area contributed by atoms with Gasteiger partial charge in [0.1, 0.15) is 16.3 Å². The molecule has 1 aliphatic carbocycles. The molecule has 0 unspecified atom stereocenters. The molecule has 0 radical (unpaired) electrons. The van der Waals surface area contributed by atoms with E-state index in [1.165, 1.54) is 18.9 Å². The Kier molecular flexibility index (Phi) is 3.34. The lowest BCUT2D eigenvalue weighted by molar-refractivity contribution is -0.448. The number of nitrogens with zero attached hydrogens (tertiary/aromatic N) is 3. The molecule has 3 N–H and O–H groups in total. The Bertz CT molecular complexity index is 993. The van der Waals surface area contributed by atoms with Gasteiger partial charge in [0.25, 0.3) is 0 Å². The van der Waals surface area contributed by atoms with E-state index in [0.717, 1.165) is 4.73 Å². The number of aromatic nitrogens is 2. The highest BCUT2D eigenvalue weighted by Gasteiger charge is 2.34. The molecule has 4 rings (SSSR count). The monoisotopic (exact) mass is 343 g/mol. The molecule has 0 saturated carbocycles. The standard InChI is InChI=1S/C16H15N4O3S/c1-23-9-6-7-11-12(8-9)19(21)14(15(17)20(11)22)16-18-10-4-2-3-5-13(10)24-16/h2-8,10,13,21H,17H2,1H3/q+1/t10-,13+/m0/s1. The smallest absolute Gasteiger partial charge is 0.348 e. The van der Waals surface area contributed by atoms with Gasteiger partial charge in [-0.2, -0.15) is 4.73 Å². The average molecular weight is 343 g/mol. The summed E-state index contributed by atoms with van der Waals surface area (Å²) in [5.74, 6) is 0.439. The topological polar surface area (TPSA) is 95.7 Å². The van der Waals surface area contributed by atoms with Crippen LogP contribution in [0.15, 0.2) is 47.5 Å². The molecular formula is C16H15N4O3S+. The molecule has 7 nitrogen and oxygen atoms in total. The number of fused-ring (bicyclic) bond motifs is 2. The second-order valence-corrected chi connectivity index (χ2v) is 6.64. The number of ether oxygens (including phenoxy) is 1. The van der Waals surface area contributed by atoms with E-state index >= 15 is 0 Å². The predicted molar refractivity (Wildman–Crippen MR) is 93.4 cm³/mol. The zero-order valence-corrected chi connectivity index (χ0v) is 13.6. The van der Waals surface area contributed by atoms with Gasteiger partial charge in [-0.3, -0.25) is 10.7 Å². The number of nitrogens with two attached hydrogens (primary N) is 1. The number of thioether (sulfide) groups is 1. The van der Waals surface area contributed by atoms with Crippen LogP contribution in [0.25, 0.3) is 11.0 Å². The van der Waals surface area contributed by atoms with Crippen LogP contribution in [0.4, 0.5) is 5.82 Å². The lowest BCUT2D eigenvalue weighted by Crippen LogP contribution is -2.28. The maximum Gasteiger partial charge on any atom is 0.348 e. The fourth-order valence-corrected chi connectivity index (χ4v) is 4.04.